The van der Waals surface area contributed by atoms with Crippen molar-refractivity contribution < 1.29 is 15.2 Å². The Labute approximate surface area is 62.4 Å². The van der Waals surface area contributed by atoms with E-state index in [1.54, 1.807) is 0 Å². The van der Waals surface area contributed by atoms with Gasteiger partial charge >= 0.3 is 0 Å². The maximum absolute atomic E-state index is 10.9. The number of likely N-dealkylation sites (tertiary alicyclic amines) is 1. The zero-order chi connectivity index (χ0) is 8.43. The van der Waals surface area contributed by atoms with Crippen molar-refractivity contribution in [2.24, 2.45) is 10.3 Å². The Kier molecular flexibility index (Phi) is 1.75. The van der Waals surface area contributed by atoms with Gasteiger partial charge in [-0.05, 0) is 0 Å². The third kappa shape index (κ3) is 1.02. The standard InChI is InChI=1S/C5H7N3O3/c1-8-2-3(6-10)4(7-11)5(8)9/h10-11H,2H2,1H3/b6-3+,7-4+. The molecule has 0 aliphatic carbocycles. The van der Waals surface area contributed by atoms with Crippen LogP contribution >= 0.6 is 0 Å². The molecule has 0 aromatic rings. The number of oxime groups is 2. The normalized spacial score (nSPS) is 25.5. The molecule has 0 unspecified atom stereocenters. The molecule has 0 bridgehead atoms. The van der Waals surface area contributed by atoms with Crippen LogP contribution in [0.25, 0.3) is 0 Å². The fraction of sp³-hybridized carbons (Fsp3) is 0.400. The van der Waals surface area contributed by atoms with Gasteiger partial charge in [0, 0.05) is 7.05 Å². The van der Waals surface area contributed by atoms with Gasteiger partial charge in [-0.1, -0.05) is 10.3 Å². The highest BCUT2D eigenvalue weighted by atomic mass is 16.4. The SMILES string of the molecule is CN1CC(=N\O)/C(=N\O)C1=O. The fourth-order valence-electron chi connectivity index (χ4n) is 0.855. The van der Waals surface area contributed by atoms with Crippen LogP contribution in [-0.2, 0) is 4.79 Å². The van der Waals surface area contributed by atoms with E-state index < -0.39 is 5.91 Å². The van der Waals surface area contributed by atoms with E-state index >= 15 is 0 Å². The average Bonchev–Trinajstić information content (AvgIpc) is 2.28. The van der Waals surface area contributed by atoms with Gasteiger partial charge in [-0.15, -0.1) is 0 Å². The first-order chi connectivity index (χ1) is 5.20. The highest BCUT2D eigenvalue weighted by Gasteiger charge is 2.32. The minimum Gasteiger partial charge on any atom is -0.411 e. The second-order valence-corrected chi connectivity index (χ2v) is 2.16. The summed E-state index contributed by atoms with van der Waals surface area (Å²) in [6.45, 7) is 0.175. The molecule has 0 aromatic heterocycles. The number of carbonyl (C=O) groups excluding carboxylic acids is 1. The predicted octanol–water partition coefficient (Wildman–Crippen LogP) is -0.881. The molecule has 1 fully saturated rings. The molecule has 0 radical (unpaired) electrons. The highest BCUT2D eigenvalue weighted by molar-refractivity contribution is 6.70. The van der Waals surface area contributed by atoms with Crippen molar-refractivity contribution in [2.75, 3.05) is 13.6 Å². The van der Waals surface area contributed by atoms with Crippen LogP contribution in [-0.4, -0.2) is 46.2 Å². The lowest BCUT2D eigenvalue weighted by Crippen LogP contribution is -2.22. The van der Waals surface area contributed by atoms with Crippen molar-refractivity contribution in [3.63, 3.8) is 0 Å². The molecule has 1 aliphatic rings. The van der Waals surface area contributed by atoms with Gasteiger partial charge in [-0.3, -0.25) is 4.79 Å². The van der Waals surface area contributed by atoms with E-state index in [0.29, 0.717) is 0 Å². The van der Waals surface area contributed by atoms with Crippen LogP contribution in [0, 0.1) is 0 Å². The zero-order valence-corrected chi connectivity index (χ0v) is 5.85. The van der Waals surface area contributed by atoms with Crippen molar-refractivity contribution in [2.45, 2.75) is 0 Å². The summed E-state index contributed by atoms with van der Waals surface area (Å²) in [5.41, 5.74) is -0.116. The molecule has 1 aliphatic heterocycles. The minimum atomic E-state index is -0.444. The Morgan fingerprint density at radius 1 is 1.45 bits per heavy atom. The van der Waals surface area contributed by atoms with Gasteiger partial charge in [0.2, 0.25) is 0 Å². The zero-order valence-electron chi connectivity index (χ0n) is 5.85. The Morgan fingerprint density at radius 2 is 2.09 bits per heavy atom. The Balaban J connectivity index is 3.01. The van der Waals surface area contributed by atoms with E-state index in [0.717, 1.165) is 0 Å². The summed E-state index contributed by atoms with van der Waals surface area (Å²) in [6, 6.07) is 0. The minimum absolute atomic E-state index is 0.0833. The van der Waals surface area contributed by atoms with Gasteiger partial charge in [0.1, 0.15) is 5.71 Å². The topological polar surface area (TPSA) is 85.5 Å². The quantitative estimate of drug-likeness (QED) is 0.353. The lowest BCUT2D eigenvalue weighted by Gasteiger charge is -2.01. The molecule has 1 saturated heterocycles. The molecule has 0 saturated carbocycles. The molecule has 60 valence electrons. The Hall–Kier alpha value is -1.59. The predicted molar refractivity (Wildman–Crippen MR) is 36.1 cm³/mol. The van der Waals surface area contributed by atoms with Gasteiger partial charge in [0.15, 0.2) is 5.71 Å². The van der Waals surface area contributed by atoms with Gasteiger partial charge < -0.3 is 15.3 Å². The summed E-state index contributed by atoms with van der Waals surface area (Å²) in [4.78, 5) is 12.2. The summed E-state index contributed by atoms with van der Waals surface area (Å²) < 4.78 is 0. The van der Waals surface area contributed by atoms with Crippen LogP contribution < -0.4 is 0 Å². The monoisotopic (exact) mass is 157 g/mol. The number of carbonyl (C=O) groups is 1. The van der Waals surface area contributed by atoms with E-state index in [1.807, 2.05) is 0 Å². The van der Waals surface area contributed by atoms with Crippen molar-refractivity contribution >= 4 is 17.3 Å². The smallest absolute Gasteiger partial charge is 0.278 e. The molecular formula is C5H7N3O3. The first-order valence-corrected chi connectivity index (χ1v) is 2.89. The molecule has 0 aromatic carbocycles. The number of hydrogen-bond donors (Lipinski definition) is 2. The largest absolute Gasteiger partial charge is 0.411 e. The molecule has 0 spiro atoms. The molecule has 6 heteroatoms. The Morgan fingerprint density at radius 3 is 2.45 bits per heavy atom. The van der Waals surface area contributed by atoms with Crippen molar-refractivity contribution in [3.05, 3.63) is 0 Å². The summed E-state index contributed by atoms with van der Waals surface area (Å²) >= 11 is 0. The first-order valence-electron chi connectivity index (χ1n) is 2.89. The van der Waals surface area contributed by atoms with Crippen molar-refractivity contribution in [1.82, 2.24) is 4.90 Å². The third-order valence-corrected chi connectivity index (χ3v) is 1.43. The van der Waals surface area contributed by atoms with Crippen LogP contribution in [0.5, 0.6) is 0 Å². The van der Waals surface area contributed by atoms with E-state index in [2.05, 4.69) is 10.3 Å². The van der Waals surface area contributed by atoms with E-state index in [9.17, 15) is 4.79 Å². The second kappa shape index (κ2) is 2.57. The number of amides is 1. The highest BCUT2D eigenvalue weighted by Crippen LogP contribution is 2.02. The maximum atomic E-state index is 10.9. The second-order valence-electron chi connectivity index (χ2n) is 2.16. The van der Waals surface area contributed by atoms with Crippen LogP contribution in [0.3, 0.4) is 0 Å². The molecule has 1 heterocycles. The number of hydrogen-bond acceptors (Lipinski definition) is 5. The molecule has 1 amide bonds. The summed E-state index contributed by atoms with van der Waals surface area (Å²) in [6.07, 6.45) is 0. The third-order valence-electron chi connectivity index (χ3n) is 1.43. The van der Waals surface area contributed by atoms with Crippen LogP contribution in [0.2, 0.25) is 0 Å². The van der Waals surface area contributed by atoms with E-state index in [1.165, 1.54) is 11.9 Å². The van der Waals surface area contributed by atoms with Crippen LogP contribution in [0.1, 0.15) is 0 Å². The molecule has 11 heavy (non-hydrogen) atoms. The molecule has 0 atom stereocenters. The van der Waals surface area contributed by atoms with E-state index in [-0.39, 0.29) is 18.0 Å². The summed E-state index contributed by atoms with van der Waals surface area (Å²) in [7, 11) is 1.52. The van der Waals surface area contributed by atoms with Gasteiger partial charge in [-0.25, -0.2) is 0 Å². The van der Waals surface area contributed by atoms with Gasteiger partial charge in [-0.2, -0.15) is 0 Å². The van der Waals surface area contributed by atoms with Crippen molar-refractivity contribution in [3.8, 4) is 0 Å². The number of rotatable bonds is 0. The molecule has 2 N–H and O–H groups in total. The lowest BCUT2D eigenvalue weighted by atomic mass is 10.3. The summed E-state index contributed by atoms with van der Waals surface area (Å²) in [5, 5.41) is 22.1. The van der Waals surface area contributed by atoms with Gasteiger partial charge in [0.05, 0.1) is 6.54 Å². The molecule has 1 rings (SSSR count). The molecular weight excluding hydrogens is 150 g/mol. The molecule has 6 nitrogen and oxygen atoms in total. The van der Waals surface area contributed by atoms with E-state index in [4.69, 9.17) is 10.4 Å². The Bertz CT molecular complexity index is 245. The summed E-state index contributed by atoms with van der Waals surface area (Å²) in [5.74, 6) is -0.444. The van der Waals surface area contributed by atoms with Gasteiger partial charge in [0.25, 0.3) is 5.91 Å². The van der Waals surface area contributed by atoms with Crippen molar-refractivity contribution in [1.29, 1.82) is 0 Å². The van der Waals surface area contributed by atoms with Crippen LogP contribution in [0.4, 0.5) is 0 Å². The fourth-order valence-corrected chi connectivity index (χ4v) is 0.855. The number of nitrogens with zero attached hydrogens (tertiary/aromatic N) is 3. The average molecular weight is 157 g/mol. The lowest BCUT2D eigenvalue weighted by molar-refractivity contribution is -0.121. The van der Waals surface area contributed by atoms with Crippen LogP contribution in [0.15, 0.2) is 10.3 Å². The maximum Gasteiger partial charge on any atom is 0.278 e. The first kappa shape index (κ1) is 7.52.